The number of rotatable bonds is 3. The van der Waals surface area contributed by atoms with Crippen LogP contribution < -0.4 is 4.90 Å². The number of benzene rings is 1. The summed E-state index contributed by atoms with van der Waals surface area (Å²) in [5.74, 6) is 0. The lowest BCUT2D eigenvalue weighted by Gasteiger charge is -2.36. The van der Waals surface area contributed by atoms with Gasteiger partial charge >= 0.3 is 6.09 Å². The molecule has 24 heavy (non-hydrogen) atoms. The van der Waals surface area contributed by atoms with Crippen LogP contribution in [0.25, 0.3) is 10.9 Å². The topological polar surface area (TPSA) is 48.6 Å². The molecule has 1 atom stereocenters. The van der Waals surface area contributed by atoms with Crippen molar-refractivity contribution in [3.8, 4) is 0 Å². The number of fused-ring (bicyclic) bond motifs is 1. The number of aromatic nitrogens is 1. The Balaban J connectivity index is 1.88. The fourth-order valence-electron chi connectivity index (χ4n) is 3.44. The second kappa shape index (κ2) is 6.38. The third-order valence-corrected chi connectivity index (χ3v) is 4.43. The molecule has 1 aromatic heterocycles. The van der Waals surface area contributed by atoms with E-state index in [4.69, 9.17) is 4.74 Å². The number of hydrogen-bond acceptors (Lipinski definition) is 3. The van der Waals surface area contributed by atoms with Crippen LogP contribution in [0.1, 0.15) is 40.5 Å². The largest absolute Gasteiger partial charge is 0.444 e. The van der Waals surface area contributed by atoms with Crippen molar-refractivity contribution in [3.05, 3.63) is 30.5 Å². The molecule has 2 aromatic rings. The Morgan fingerprint density at radius 3 is 2.83 bits per heavy atom. The minimum Gasteiger partial charge on any atom is -0.444 e. The van der Waals surface area contributed by atoms with Crippen LogP contribution in [-0.2, 0) is 4.74 Å². The van der Waals surface area contributed by atoms with Crippen LogP contribution in [0.4, 0.5) is 10.5 Å². The maximum atomic E-state index is 12.6. The van der Waals surface area contributed by atoms with Crippen LogP contribution in [0.15, 0.2) is 30.5 Å². The Kier molecular flexibility index (Phi) is 4.43. The summed E-state index contributed by atoms with van der Waals surface area (Å²) in [6.45, 7) is 9.45. The van der Waals surface area contributed by atoms with E-state index in [0.29, 0.717) is 0 Å². The Morgan fingerprint density at radius 2 is 2.12 bits per heavy atom. The molecule has 0 unspecified atom stereocenters. The average molecular weight is 329 g/mol. The SMILES string of the molecule is CCN(c1c[nH]c2ccccc12)[C@H]1CCCN1C(=O)OC(C)(C)C. The fourth-order valence-corrected chi connectivity index (χ4v) is 3.44. The second-order valence-electron chi connectivity index (χ2n) is 7.30. The summed E-state index contributed by atoms with van der Waals surface area (Å²) in [7, 11) is 0. The van der Waals surface area contributed by atoms with Gasteiger partial charge in [0.05, 0.1) is 5.69 Å². The highest BCUT2D eigenvalue weighted by Gasteiger charge is 2.36. The van der Waals surface area contributed by atoms with E-state index in [9.17, 15) is 4.79 Å². The van der Waals surface area contributed by atoms with Crippen molar-refractivity contribution >= 4 is 22.7 Å². The third kappa shape index (κ3) is 3.21. The van der Waals surface area contributed by atoms with Crippen LogP contribution in [-0.4, -0.2) is 40.8 Å². The summed E-state index contributed by atoms with van der Waals surface area (Å²) in [6.07, 6.45) is 3.84. The summed E-state index contributed by atoms with van der Waals surface area (Å²) in [5.41, 5.74) is 1.79. The van der Waals surface area contributed by atoms with Gasteiger partial charge in [-0.2, -0.15) is 0 Å². The van der Waals surface area contributed by atoms with Crippen molar-refractivity contribution < 1.29 is 9.53 Å². The van der Waals surface area contributed by atoms with Crippen molar-refractivity contribution in [3.63, 3.8) is 0 Å². The van der Waals surface area contributed by atoms with E-state index in [1.54, 1.807) is 0 Å². The molecular formula is C19H27N3O2. The number of nitrogens with one attached hydrogen (secondary N) is 1. The summed E-state index contributed by atoms with van der Waals surface area (Å²) in [4.78, 5) is 20.1. The lowest BCUT2D eigenvalue weighted by Crippen LogP contribution is -2.49. The first-order valence-electron chi connectivity index (χ1n) is 8.73. The van der Waals surface area contributed by atoms with Crippen molar-refractivity contribution in [2.24, 2.45) is 0 Å². The second-order valence-corrected chi connectivity index (χ2v) is 7.30. The van der Waals surface area contributed by atoms with Gasteiger partial charge in [-0.05, 0) is 46.6 Å². The Morgan fingerprint density at radius 1 is 1.38 bits per heavy atom. The molecular weight excluding hydrogens is 302 g/mol. The first-order valence-corrected chi connectivity index (χ1v) is 8.73. The molecule has 1 aliphatic heterocycles. The van der Waals surface area contributed by atoms with E-state index >= 15 is 0 Å². The van der Waals surface area contributed by atoms with Gasteiger partial charge in [0.1, 0.15) is 11.8 Å². The number of carbonyl (C=O) groups is 1. The molecule has 2 heterocycles. The predicted octanol–water partition coefficient (Wildman–Crippen LogP) is 4.35. The van der Waals surface area contributed by atoms with Crippen LogP contribution in [0.3, 0.4) is 0 Å². The molecule has 0 saturated carbocycles. The van der Waals surface area contributed by atoms with Gasteiger partial charge in [-0.15, -0.1) is 0 Å². The highest BCUT2D eigenvalue weighted by Crippen LogP contribution is 2.32. The fraction of sp³-hybridized carbons (Fsp3) is 0.526. The van der Waals surface area contributed by atoms with E-state index in [2.05, 4.69) is 28.9 Å². The molecule has 1 fully saturated rings. The number of hydrogen-bond donors (Lipinski definition) is 1. The third-order valence-electron chi connectivity index (χ3n) is 4.43. The lowest BCUT2D eigenvalue weighted by atomic mass is 10.2. The highest BCUT2D eigenvalue weighted by atomic mass is 16.6. The van der Waals surface area contributed by atoms with Gasteiger partial charge in [0.25, 0.3) is 0 Å². The minimum atomic E-state index is -0.470. The average Bonchev–Trinajstić information content (AvgIpc) is 3.14. The number of para-hydroxylation sites is 1. The zero-order valence-corrected chi connectivity index (χ0v) is 15.0. The van der Waals surface area contributed by atoms with Gasteiger partial charge in [-0.1, -0.05) is 18.2 Å². The molecule has 1 saturated heterocycles. The van der Waals surface area contributed by atoms with E-state index in [0.717, 1.165) is 37.1 Å². The van der Waals surface area contributed by atoms with Crippen molar-refractivity contribution in [2.75, 3.05) is 18.0 Å². The van der Waals surface area contributed by atoms with Gasteiger partial charge in [0.2, 0.25) is 0 Å². The molecule has 0 bridgehead atoms. The van der Waals surface area contributed by atoms with E-state index in [-0.39, 0.29) is 12.3 Å². The van der Waals surface area contributed by atoms with E-state index in [1.165, 1.54) is 5.39 Å². The number of H-pyrrole nitrogens is 1. The van der Waals surface area contributed by atoms with Crippen LogP contribution in [0.5, 0.6) is 0 Å². The number of carbonyl (C=O) groups excluding carboxylic acids is 1. The monoisotopic (exact) mass is 329 g/mol. The summed E-state index contributed by atoms with van der Waals surface area (Å²) in [5, 5.41) is 1.19. The number of amides is 1. The molecule has 130 valence electrons. The normalized spacial score (nSPS) is 18.2. The van der Waals surface area contributed by atoms with E-state index in [1.807, 2.05) is 44.0 Å². The summed E-state index contributed by atoms with van der Waals surface area (Å²) in [6, 6.07) is 8.28. The Bertz CT molecular complexity index is 717. The summed E-state index contributed by atoms with van der Waals surface area (Å²) < 4.78 is 5.60. The highest BCUT2D eigenvalue weighted by molar-refractivity contribution is 5.93. The zero-order valence-electron chi connectivity index (χ0n) is 15.0. The summed E-state index contributed by atoms with van der Waals surface area (Å²) >= 11 is 0. The standard InChI is InChI=1S/C19H27N3O2/c1-5-21(16-13-20-15-10-7-6-9-14(15)16)17-11-8-12-22(17)18(23)24-19(2,3)4/h6-7,9-10,13,17,20H,5,8,11-12H2,1-4H3/t17-/m1/s1. The Labute approximate surface area is 143 Å². The van der Waals surface area contributed by atoms with Crippen molar-refractivity contribution in [1.82, 2.24) is 9.88 Å². The number of aromatic amines is 1. The van der Waals surface area contributed by atoms with Gasteiger partial charge in [0, 0.05) is 30.2 Å². The van der Waals surface area contributed by atoms with Gasteiger partial charge < -0.3 is 14.6 Å². The smallest absolute Gasteiger partial charge is 0.411 e. The van der Waals surface area contributed by atoms with Crippen molar-refractivity contribution in [1.29, 1.82) is 0 Å². The number of nitrogens with zero attached hydrogens (tertiary/aromatic N) is 2. The first-order chi connectivity index (χ1) is 11.4. The van der Waals surface area contributed by atoms with E-state index < -0.39 is 5.60 Å². The van der Waals surface area contributed by atoms with Crippen molar-refractivity contribution in [2.45, 2.75) is 52.3 Å². The number of likely N-dealkylation sites (tertiary alicyclic amines) is 1. The molecule has 1 aromatic carbocycles. The number of ether oxygens (including phenoxy) is 1. The number of anilines is 1. The predicted molar refractivity (Wildman–Crippen MR) is 97.3 cm³/mol. The van der Waals surface area contributed by atoms with Crippen LogP contribution in [0, 0.1) is 0 Å². The molecule has 0 radical (unpaired) electrons. The molecule has 5 nitrogen and oxygen atoms in total. The quantitative estimate of drug-likeness (QED) is 0.910. The molecule has 1 N–H and O–H groups in total. The van der Waals surface area contributed by atoms with Gasteiger partial charge in [-0.25, -0.2) is 4.79 Å². The maximum Gasteiger partial charge on any atom is 0.411 e. The molecule has 1 aliphatic rings. The Hall–Kier alpha value is -2.17. The van der Waals surface area contributed by atoms with Gasteiger partial charge in [0.15, 0.2) is 0 Å². The molecule has 3 rings (SSSR count). The van der Waals surface area contributed by atoms with Crippen LogP contribution >= 0.6 is 0 Å². The van der Waals surface area contributed by atoms with Gasteiger partial charge in [-0.3, -0.25) is 4.90 Å². The minimum absolute atomic E-state index is 0.0454. The maximum absolute atomic E-state index is 12.6. The molecule has 5 heteroatoms. The van der Waals surface area contributed by atoms with Crippen LogP contribution in [0.2, 0.25) is 0 Å². The first kappa shape index (κ1) is 16.7. The molecule has 0 spiro atoms. The molecule has 0 aliphatic carbocycles. The zero-order chi connectivity index (χ0) is 17.3. The lowest BCUT2D eigenvalue weighted by molar-refractivity contribution is 0.0224. The molecule has 1 amide bonds.